The van der Waals surface area contributed by atoms with Crippen LogP contribution in [0.2, 0.25) is 0 Å². The molecule has 0 aliphatic carbocycles. The second-order valence-corrected chi connectivity index (χ2v) is 4.30. The van der Waals surface area contributed by atoms with E-state index in [0.717, 1.165) is 5.56 Å². The molecule has 0 aliphatic heterocycles. The molecule has 0 amide bonds. The van der Waals surface area contributed by atoms with Gasteiger partial charge in [-0.25, -0.2) is 4.39 Å². The average molecular weight is 270 g/mol. The summed E-state index contributed by atoms with van der Waals surface area (Å²) < 4.78 is 19.0. The molecule has 0 N–H and O–H groups in total. The monoisotopic (exact) mass is 270 g/mol. The lowest BCUT2D eigenvalue weighted by molar-refractivity contribution is 0.101. The highest BCUT2D eigenvalue weighted by molar-refractivity contribution is 5.96. The molecule has 0 radical (unpaired) electrons. The van der Waals surface area contributed by atoms with E-state index in [0.29, 0.717) is 0 Å². The molecule has 0 unspecified atom stereocenters. The maximum Gasteiger partial charge on any atom is 0.166 e. The van der Waals surface area contributed by atoms with Gasteiger partial charge in [0.2, 0.25) is 0 Å². The molecule has 2 nitrogen and oxygen atoms in total. The zero-order chi connectivity index (χ0) is 14.4. The van der Waals surface area contributed by atoms with E-state index in [2.05, 4.69) is 0 Å². The lowest BCUT2D eigenvalue weighted by Gasteiger charge is -2.08. The van der Waals surface area contributed by atoms with Crippen LogP contribution in [0.5, 0.6) is 5.75 Å². The van der Waals surface area contributed by atoms with Crippen LogP contribution < -0.4 is 4.74 Å². The number of hydrogen-bond donors (Lipinski definition) is 0. The number of Topliss-reactive ketones (excluding diaryl/α,β-unsaturated/α-hetero) is 1. The quantitative estimate of drug-likeness (QED) is 0.764. The molecule has 0 bridgehead atoms. The van der Waals surface area contributed by atoms with Crippen LogP contribution in [0.1, 0.15) is 22.8 Å². The summed E-state index contributed by atoms with van der Waals surface area (Å²) in [6, 6.07) is 14.1. The minimum atomic E-state index is -0.522. The van der Waals surface area contributed by atoms with E-state index in [1.807, 2.05) is 36.4 Å². The third kappa shape index (κ3) is 3.54. The minimum Gasteiger partial charge on any atom is -0.486 e. The maximum absolute atomic E-state index is 13.7. The fraction of sp³-hybridized carbons (Fsp3) is 0.118. The SMILES string of the molecule is CC(=O)c1cccc(F)c1OC/C=C/c1ccccc1. The zero-order valence-electron chi connectivity index (χ0n) is 11.2. The molecule has 2 aromatic carbocycles. The van der Waals surface area contributed by atoms with Gasteiger partial charge >= 0.3 is 0 Å². The normalized spacial score (nSPS) is 10.7. The fourth-order valence-corrected chi connectivity index (χ4v) is 1.81. The molecule has 0 aromatic heterocycles. The van der Waals surface area contributed by atoms with E-state index in [-0.39, 0.29) is 23.7 Å². The first kappa shape index (κ1) is 14.0. The maximum atomic E-state index is 13.7. The van der Waals surface area contributed by atoms with Gasteiger partial charge in [-0.1, -0.05) is 42.5 Å². The van der Waals surface area contributed by atoms with Crippen LogP contribution in [0.4, 0.5) is 4.39 Å². The van der Waals surface area contributed by atoms with Crippen LogP contribution in [0, 0.1) is 5.82 Å². The molecule has 0 saturated carbocycles. The van der Waals surface area contributed by atoms with E-state index in [9.17, 15) is 9.18 Å². The lowest BCUT2D eigenvalue weighted by atomic mass is 10.1. The summed E-state index contributed by atoms with van der Waals surface area (Å²) in [6.45, 7) is 1.59. The topological polar surface area (TPSA) is 26.3 Å². The highest BCUT2D eigenvalue weighted by Gasteiger charge is 2.12. The molecule has 0 spiro atoms. The predicted molar refractivity (Wildman–Crippen MR) is 77.4 cm³/mol. The molecule has 0 atom stereocenters. The molecule has 2 aromatic rings. The van der Waals surface area contributed by atoms with Crippen LogP contribution in [0.3, 0.4) is 0 Å². The van der Waals surface area contributed by atoms with E-state index in [4.69, 9.17) is 4.74 Å². The molecule has 0 heterocycles. The van der Waals surface area contributed by atoms with E-state index < -0.39 is 5.82 Å². The molecule has 0 saturated heterocycles. The summed E-state index contributed by atoms with van der Waals surface area (Å²) in [6.07, 6.45) is 3.67. The number of para-hydroxylation sites is 1. The van der Waals surface area contributed by atoms with Crippen molar-refractivity contribution in [2.45, 2.75) is 6.92 Å². The second kappa shape index (κ2) is 6.66. The number of carbonyl (C=O) groups excluding carboxylic acids is 1. The van der Waals surface area contributed by atoms with Gasteiger partial charge in [-0.3, -0.25) is 4.79 Å². The Morgan fingerprint density at radius 2 is 1.90 bits per heavy atom. The van der Waals surface area contributed by atoms with Crippen LogP contribution in [0.25, 0.3) is 6.08 Å². The van der Waals surface area contributed by atoms with Crippen molar-refractivity contribution in [2.24, 2.45) is 0 Å². The second-order valence-electron chi connectivity index (χ2n) is 4.30. The smallest absolute Gasteiger partial charge is 0.166 e. The summed E-state index contributed by atoms with van der Waals surface area (Å²) >= 11 is 0. The Balaban J connectivity index is 2.05. The summed E-state index contributed by atoms with van der Waals surface area (Å²) in [7, 11) is 0. The molecule has 0 aliphatic rings. The van der Waals surface area contributed by atoms with Crippen molar-refractivity contribution in [3.8, 4) is 5.75 Å². The van der Waals surface area contributed by atoms with Crippen molar-refractivity contribution < 1.29 is 13.9 Å². The van der Waals surface area contributed by atoms with Gasteiger partial charge in [-0.05, 0) is 30.7 Å². The third-order valence-electron chi connectivity index (χ3n) is 2.78. The lowest BCUT2D eigenvalue weighted by Crippen LogP contribution is -2.03. The Morgan fingerprint density at radius 3 is 2.60 bits per heavy atom. The Labute approximate surface area is 117 Å². The van der Waals surface area contributed by atoms with Gasteiger partial charge in [0.1, 0.15) is 6.61 Å². The summed E-state index contributed by atoms with van der Waals surface area (Å²) in [4.78, 5) is 11.4. The van der Waals surface area contributed by atoms with Gasteiger partial charge in [-0.2, -0.15) is 0 Å². The van der Waals surface area contributed by atoms with Crippen molar-refractivity contribution in [1.82, 2.24) is 0 Å². The summed E-state index contributed by atoms with van der Waals surface area (Å²) in [5.74, 6) is -0.727. The fourth-order valence-electron chi connectivity index (χ4n) is 1.81. The molecular weight excluding hydrogens is 255 g/mol. The molecule has 102 valence electrons. The standard InChI is InChI=1S/C17H15FO2/c1-13(19)15-10-5-11-16(18)17(15)20-12-6-9-14-7-3-2-4-8-14/h2-11H,12H2,1H3/b9-6+. The van der Waals surface area contributed by atoms with Crippen LogP contribution in [0.15, 0.2) is 54.6 Å². The molecule has 20 heavy (non-hydrogen) atoms. The number of hydrogen-bond acceptors (Lipinski definition) is 2. The number of halogens is 1. The van der Waals surface area contributed by atoms with Gasteiger partial charge in [0, 0.05) is 0 Å². The Kier molecular flexibility index (Phi) is 4.66. The zero-order valence-corrected chi connectivity index (χ0v) is 11.2. The number of rotatable bonds is 5. The first-order chi connectivity index (χ1) is 9.68. The number of carbonyl (C=O) groups is 1. The largest absolute Gasteiger partial charge is 0.486 e. The van der Waals surface area contributed by atoms with Crippen LogP contribution in [-0.4, -0.2) is 12.4 Å². The van der Waals surface area contributed by atoms with Crippen molar-refractivity contribution in [1.29, 1.82) is 0 Å². The predicted octanol–water partition coefficient (Wildman–Crippen LogP) is 4.12. The van der Waals surface area contributed by atoms with Gasteiger partial charge in [-0.15, -0.1) is 0 Å². The van der Waals surface area contributed by atoms with Gasteiger partial charge < -0.3 is 4.74 Å². The summed E-state index contributed by atoms with van der Waals surface area (Å²) in [5.41, 5.74) is 1.30. The molecular formula is C17H15FO2. The van der Waals surface area contributed by atoms with Gasteiger partial charge in [0.25, 0.3) is 0 Å². The van der Waals surface area contributed by atoms with Gasteiger partial charge in [0.05, 0.1) is 5.56 Å². The minimum absolute atomic E-state index is 0.0118. The average Bonchev–Trinajstić information content (AvgIpc) is 2.45. The van der Waals surface area contributed by atoms with E-state index >= 15 is 0 Å². The first-order valence-electron chi connectivity index (χ1n) is 6.32. The number of benzene rings is 2. The molecule has 3 heteroatoms. The first-order valence-corrected chi connectivity index (χ1v) is 6.32. The Hall–Kier alpha value is -2.42. The highest BCUT2D eigenvalue weighted by atomic mass is 19.1. The van der Waals surface area contributed by atoms with E-state index in [1.165, 1.54) is 19.1 Å². The Morgan fingerprint density at radius 1 is 1.15 bits per heavy atom. The molecule has 0 fully saturated rings. The third-order valence-corrected chi connectivity index (χ3v) is 2.78. The van der Waals surface area contributed by atoms with Gasteiger partial charge in [0.15, 0.2) is 17.3 Å². The van der Waals surface area contributed by atoms with Crippen LogP contribution >= 0.6 is 0 Å². The summed E-state index contributed by atoms with van der Waals surface area (Å²) in [5, 5.41) is 0. The van der Waals surface area contributed by atoms with Crippen molar-refractivity contribution in [3.05, 3.63) is 71.6 Å². The highest BCUT2D eigenvalue weighted by Crippen LogP contribution is 2.23. The Bertz CT molecular complexity index is 618. The number of ether oxygens (including phenoxy) is 1. The molecule has 2 rings (SSSR count). The number of ketones is 1. The van der Waals surface area contributed by atoms with Crippen LogP contribution in [-0.2, 0) is 0 Å². The van der Waals surface area contributed by atoms with Crippen molar-refractivity contribution in [2.75, 3.05) is 6.61 Å². The van der Waals surface area contributed by atoms with Crippen molar-refractivity contribution >= 4 is 11.9 Å². The van der Waals surface area contributed by atoms with Crippen molar-refractivity contribution in [3.63, 3.8) is 0 Å². The van der Waals surface area contributed by atoms with E-state index in [1.54, 1.807) is 12.1 Å².